The molecule has 1 amide bonds. The minimum absolute atomic E-state index is 0.239. The van der Waals surface area contributed by atoms with Crippen molar-refractivity contribution in [2.24, 2.45) is 5.92 Å². The Labute approximate surface area is 120 Å². The van der Waals surface area contributed by atoms with Gasteiger partial charge in [0.2, 0.25) is 5.91 Å². The maximum Gasteiger partial charge on any atom is 0.225 e. The molecule has 2 aliphatic rings. The predicted octanol–water partition coefficient (Wildman–Crippen LogP) is 1.10. The Balaban J connectivity index is 1.59. The number of hydrogen-bond acceptors (Lipinski definition) is 3. The first-order valence-electron chi connectivity index (χ1n) is 7.45. The van der Waals surface area contributed by atoms with Gasteiger partial charge in [-0.1, -0.05) is 30.3 Å². The van der Waals surface area contributed by atoms with Gasteiger partial charge in [-0.05, 0) is 18.4 Å². The molecule has 108 valence electrons. The Morgan fingerprint density at radius 2 is 1.90 bits per heavy atom. The van der Waals surface area contributed by atoms with E-state index in [0.717, 1.165) is 32.5 Å². The molecule has 0 spiro atoms. The van der Waals surface area contributed by atoms with Gasteiger partial charge in [-0.15, -0.1) is 0 Å². The Bertz CT molecular complexity index is 459. The van der Waals surface area contributed by atoms with E-state index in [4.69, 9.17) is 0 Å². The minimum Gasteiger partial charge on any atom is -0.390 e. The van der Waals surface area contributed by atoms with Crippen LogP contribution in [0.15, 0.2) is 30.3 Å². The van der Waals surface area contributed by atoms with Gasteiger partial charge in [0.15, 0.2) is 0 Å². The summed E-state index contributed by atoms with van der Waals surface area (Å²) in [6, 6.07) is 10.3. The molecule has 0 aromatic heterocycles. The van der Waals surface area contributed by atoms with Gasteiger partial charge in [-0.25, -0.2) is 0 Å². The Morgan fingerprint density at radius 1 is 1.15 bits per heavy atom. The van der Waals surface area contributed by atoms with Crippen molar-refractivity contribution < 1.29 is 9.90 Å². The molecule has 1 saturated heterocycles. The molecule has 1 aromatic rings. The van der Waals surface area contributed by atoms with Crippen LogP contribution in [0.4, 0.5) is 0 Å². The van der Waals surface area contributed by atoms with E-state index in [1.54, 1.807) is 0 Å². The lowest BCUT2D eigenvalue weighted by Gasteiger charge is -2.21. The summed E-state index contributed by atoms with van der Waals surface area (Å²) in [5, 5.41) is 10.1. The smallest absolute Gasteiger partial charge is 0.225 e. The van der Waals surface area contributed by atoms with Crippen LogP contribution < -0.4 is 0 Å². The third kappa shape index (κ3) is 3.38. The fourth-order valence-electron chi connectivity index (χ4n) is 2.83. The number of β-amino-alcohol motifs (C(OH)–C–C–N with tert-alkyl or cyclic N) is 1. The highest BCUT2D eigenvalue weighted by atomic mass is 16.3. The molecule has 0 radical (unpaired) electrons. The number of rotatable bonds is 3. The zero-order chi connectivity index (χ0) is 13.9. The van der Waals surface area contributed by atoms with Crippen molar-refractivity contribution >= 4 is 5.91 Å². The van der Waals surface area contributed by atoms with Gasteiger partial charge in [0.05, 0.1) is 6.10 Å². The van der Waals surface area contributed by atoms with Crippen molar-refractivity contribution in [3.05, 3.63) is 35.9 Å². The molecule has 1 aliphatic heterocycles. The fourth-order valence-corrected chi connectivity index (χ4v) is 2.83. The lowest BCUT2D eigenvalue weighted by atomic mass is 10.2. The zero-order valence-electron chi connectivity index (χ0n) is 11.7. The van der Waals surface area contributed by atoms with Crippen LogP contribution in [0.5, 0.6) is 0 Å². The first kappa shape index (κ1) is 13.6. The molecular weight excluding hydrogens is 252 g/mol. The number of benzene rings is 1. The SMILES string of the molecule is O=C(C1CC1)N1CCN(Cc2ccccc2)C[C@H](O)C1. The van der Waals surface area contributed by atoms with Crippen LogP contribution in [0.3, 0.4) is 0 Å². The molecule has 0 bridgehead atoms. The zero-order valence-corrected chi connectivity index (χ0v) is 11.7. The summed E-state index contributed by atoms with van der Waals surface area (Å²) >= 11 is 0. The summed E-state index contributed by atoms with van der Waals surface area (Å²) in [5.74, 6) is 0.480. The van der Waals surface area contributed by atoms with Crippen molar-refractivity contribution in [2.75, 3.05) is 26.2 Å². The quantitative estimate of drug-likeness (QED) is 0.897. The molecule has 1 heterocycles. The van der Waals surface area contributed by atoms with E-state index in [1.807, 2.05) is 23.1 Å². The van der Waals surface area contributed by atoms with Crippen LogP contribution in [-0.4, -0.2) is 53.1 Å². The van der Waals surface area contributed by atoms with Gasteiger partial charge in [0.1, 0.15) is 0 Å². The van der Waals surface area contributed by atoms with E-state index in [1.165, 1.54) is 5.56 Å². The average Bonchev–Trinajstić information content (AvgIpc) is 3.27. The van der Waals surface area contributed by atoms with Gasteiger partial charge in [0, 0.05) is 38.6 Å². The van der Waals surface area contributed by atoms with E-state index >= 15 is 0 Å². The molecular formula is C16H22N2O2. The number of amides is 1. The van der Waals surface area contributed by atoms with Gasteiger partial charge in [-0.2, -0.15) is 0 Å². The number of carbonyl (C=O) groups excluding carboxylic acids is 1. The van der Waals surface area contributed by atoms with Crippen molar-refractivity contribution in [2.45, 2.75) is 25.5 Å². The largest absolute Gasteiger partial charge is 0.390 e. The van der Waals surface area contributed by atoms with E-state index in [2.05, 4.69) is 17.0 Å². The van der Waals surface area contributed by atoms with E-state index in [9.17, 15) is 9.90 Å². The Morgan fingerprint density at radius 3 is 2.60 bits per heavy atom. The first-order valence-corrected chi connectivity index (χ1v) is 7.45. The Hall–Kier alpha value is -1.39. The summed E-state index contributed by atoms with van der Waals surface area (Å²) in [6.45, 7) is 3.54. The van der Waals surface area contributed by atoms with Crippen LogP contribution in [0.2, 0.25) is 0 Å². The number of carbonyl (C=O) groups is 1. The molecule has 1 aliphatic carbocycles. The molecule has 1 N–H and O–H groups in total. The summed E-state index contributed by atoms with van der Waals surface area (Å²) in [4.78, 5) is 16.2. The van der Waals surface area contributed by atoms with Crippen LogP contribution >= 0.6 is 0 Å². The molecule has 4 heteroatoms. The van der Waals surface area contributed by atoms with Crippen molar-refractivity contribution in [3.63, 3.8) is 0 Å². The van der Waals surface area contributed by atoms with Crippen molar-refractivity contribution in [1.29, 1.82) is 0 Å². The average molecular weight is 274 g/mol. The van der Waals surface area contributed by atoms with Crippen LogP contribution in [0, 0.1) is 5.92 Å². The fraction of sp³-hybridized carbons (Fsp3) is 0.562. The summed E-state index contributed by atoms with van der Waals surface area (Å²) < 4.78 is 0. The number of hydrogen-bond donors (Lipinski definition) is 1. The number of aliphatic hydroxyl groups excluding tert-OH is 1. The normalized spacial score (nSPS) is 24.4. The van der Waals surface area contributed by atoms with Gasteiger partial charge >= 0.3 is 0 Å². The van der Waals surface area contributed by atoms with Gasteiger partial charge in [0.25, 0.3) is 0 Å². The molecule has 1 atom stereocenters. The summed E-state index contributed by atoms with van der Waals surface area (Å²) in [6.07, 6.45) is 1.61. The van der Waals surface area contributed by atoms with E-state index in [0.29, 0.717) is 13.1 Å². The molecule has 2 fully saturated rings. The molecule has 0 unspecified atom stereocenters. The van der Waals surface area contributed by atoms with Crippen LogP contribution in [0.1, 0.15) is 18.4 Å². The maximum atomic E-state index is 12.1. The van der Waals surface area contributed by atoms with Gasteiger partial charge in [-0.3, -0.25) is 9.69 Å². The first-order chi connectivity index (χ1) is 9.72. The molecule has 20 heavy (non-hydrogen) atoms. The lowest BCUT2D eigenvalue weighted by Crippen LogP contribution is -2.38. The second-order valence-electron chi connectivity index (χ2n) is 5.93. The third-order valence-electron chi connectivity index (χ3n) is 4.07. The topological polar surface area (TPSA) is 43.8 Å². The maximum absolute atomic E-state index is 12.1. The highest BCUT2D eigenvalue weighted by Crippen LogP contribution is 2.31. The lowest BCUT2D eigenvalue weighted by molar-refractivity contribution is -0.133. The standard InChI is InChI=1S/C16H22N2O2/c19-15-11-17(10-13-4-2-1-3-5-13)8-9-18(12-15)16(20)14-6-7-14/h1-5,14-15,19H,6-12H2/t15-/m0/s1. The highest BCUT2D eigenvalue weighted by molar-refractivity contribution is 5.81. The Kier molecular flexibility index (Phi) is 4.03. The summed E-state index contributed by atoms with van der Waals surface area (Å²) in [7, 11) is 0. The number of nitrogens with zero attached hydrogens (tertiary/aromatic N) is 2. The summed E-state index contributed by atoms with van der Waals surface area (Å²) in [5.41, 5.74) is 1.25. The molecule has 1 saturated carbocycles. The molecule has 3 rings (SSSR count). The third-order valence-corrected chi connectivity index (χ3v) is 4.07. The molecule has 1 aromatic carbocycles. The van der Waals surface area contributed by atoms with Crippen molar-refractivity contribution in [1.82, 2.24) is 9.80 Å². The van der Waals surface area contributed by atoms with Crippen LogP contribution in [-0.2, 0) is 11.3 Å². The monoisotopic (exact) mass is 274 g/mol. The van der Waals surface area contributed by atoms with E-state index < -0.39 is 6.10 Å². The van der Waals surface area contributed by atoms with Gasteiger partial charge < -0.3 is 10.0 Å². The highest BCUT2D eigenvalue weighted by Gasteiger charge is 2.35. The van der Waals surface area contributed by atoms with Crippen molar-refractivity contribution in [3.8, 4) is 0 Å². The van der Waals surface area contributed by atoms with E-state index in [-0.39, 0.29) is 11.8 Å². The predicted molar refractivity (Wildman–Crippen MR) is 77.0 cm³/mol. The second kappa shape index (κ2) is 5.94. The number of aliphatic hydroxyl groups is 1. The minimum atomic E-state index is -0.441. The molecule has 4 nitrogen and oxygen atoms in total. The van der Waals surface area contributed by atoms with Crippen LogP contribution in [0.25, 0.3) is 0 Å². The second-order valence-corrected chi connectivity index (χ2v) is 5.93.